The molecule has 4 aromatic rings. The van der Waals surface area contributed by atoms with Gasteiger partial charge in [-0.2, -0.15) is 18.3 Å². The number of rotatable bonds is 3. The van der Waals surface area contributed by atoms with E-state index in [1.54, 1.807) is 26.1 Å². The zero-order valence-electron chi connectivity index (χ0n) is 14.6. The average Bonchev–Trinajstić information content (AvgIpc) is 3.06. The van der Waals surface area contributed by atoms with Crippen LogP contribution in [0.25, 0.3) is 21.8 Å². The summed E-state index contributed by atoms with van der Waals surface area (Å²) in [6.45, 7) is 3.58. The highest BCUT2D eigenvalue weighted by Crippen LogP contribution is 2.32. The van der Waals surface area contributed by atoms with Crippen LogP contribution in [-0.2, 0) is 6.18 Å². The molecule has 0 bridgehead atoms. The van der Waals surface area contributed by atoms with Crippen molar-refractivity contribution in [3.63, 3.8) is 0 Å². The Labute approximate surface area is 152 Å². The van der Waals surface area contributed by atoms with E-state index in [1.165, 1.54) is 6.07 Å². The number of anilines is 1. The summed E-state index contributed by atoms with van der Waals surface area (Å²) >= 11 is 0. The lowest BCUT2D eigenvalue weighted by molar-refractivity contribution is -0.137. The molecule has 0 saturated carbocycles. The first-order valence-electron chi connectivity index (χ1n) is 8.36. The number of aromatic nitrogens is 4. The van der Waals surface area contributed by atoms with Gasteiger partial charge in [0.25, 0.3) is 0 Å². The molecule has 0 saturated heterocycles. The number of nitrogens with one attached hydrogen (secondary N) is 2. The van der Waals surface area contributed by atoms with Crippen LogP contribution in [0.3, 0.4) is 0 Å². The third kappa shape index (κ3) is 3.30. The molecule has 1 atom stereocenters. The molecule has 2 aromatic carbocycles. The van der Waals surface area contributed by atoms with E-state index < -0.39 is 11.7 Å². The smallest absolute Gasteiger partial charge is 0.363 e. The number of hydrogen-bond donors (Lipinski definition) is 2. The second kappa shape index (κ2) is 6.22. The Morgan fingerprint density at radius 1 is 1.11 bits per heavy atom. The van der Waals surface area contributed by atoms with Crippen LogP contribution in [0.15, 0.2) is 42.6 Å². The summed E-state index contributed by atoms with van der Waals surface area (Å²) in [5.41, 5.74) is 1.44. The van der Waals surface area contributed by atoms with Gasteiger partial charge in [0.2, 0.25) is 0 Å². The SMILES string of the molecule is Cc1nc(NC(C)c2cccc(C(F)(F)F)c2)c2cc3[nH]ncc3cc2n1. The molecule has 8 heteroatoms. The van der Waals surface area contributed by atoms with Crippen molar-refractivity contribution in [2.24, 2.45) is 0 Å². The lowest BCUT2D eigenvalue weighted by Crippen LogP contribution is -2.11. The van der Waals surface area contributed by atoms with E-state index in [9.17, 15) is 13.2 Å². The van der Waals surface area contributed by atoms with Crippen LogP contribution in [0.4, 0.5) is 19.0 Å². The molecule has 5 nitrogen and oxygen atoms in total. The van der Waals surface area contributed by atoms with Crippen molar-refractivity contribution in [2.75, 3.05) is 5.32 Å². The number of H-pyrrole nitrogens is 1. The van der Waals surface area contributed by atoms with E-state index in [2.05, 4.69) is 25.5 Å². The molecule has 2 N–H and O–H groups in total. The normalized spacial score (nSPS) is 13.2. The molecule has 0 aliphatic carbocycles. The minimum atomic E-state index is -4.37. The lowest BCUT2D eigenvalue weighted by atomic mass is 10.0. The van der Waals surface area contributed by atoms with Crippen molar-refractivity contribution in [2.45, 2.75) is 26.1 Å². The predicted molar refractivity (Wildman–Crippen MR) is 97.4 cm³/mol. The Kier molecular flexibility index (Phi) is 3.98. The molecule has 2 heterocycles. The number of alkyl halides is 3. The van der Waals surface area contributed by atoms with Crippen LogP contribution in [0.5, 0.6) is 0 Å². The van der Waals surface area contributed by atoms with Crippen molar-refractivity contribution in [1.82, 2.24) is 20.2 Å². The molecule has 0 amide bonds. The Bertz CT molecular complexity index is 1130. The number of nitrogens with zero attached hydrogens (tertiary/aromatic N) is 3. The van der Waals surface area contributed by atoms with Crippen molar-refractivity contribution < 1.29 is 13.2 Å². The second-order valence-electron chi connectivity index (χ2n) is 6.44. The standard InChI is InChI=1S/C19H16F3N5/c1-10(12-4-3-5-14(6-12)19(20,21)22)24-18-15-8-16-13(9-23-27-16)7-17(15)25-11(2)26-18/h3-10H,1-2H3,(H,23,27)(H,24,25,26). The first-order valence-corrected chi connectivity index (χ1v) is 8.36. The fraction of sp³-hybridized carbons (Fsp3) is 0.211. The second-order valence-corrected chi connectivity index (χ2v) is 6.44. The minimum absolute atomic E-state index is 0.373. The summed E-state index contributed by atoms with van der Waals surface area (Å²) in [7, 11) is 0. The molecule has 0 fully saturated rings. The Balaban J connectivity index is 1.74. The number of fused-ring (bicyclic) bond motifs is 2. The van der Waals surface area contributed by atoms with Gasteiger partial charge in [0.1, 0.15) is 11.6 Å². The Hall–Kier alpha value is -3.16. The van der Waals surface area contributed by atoms with E-state index in [4.69, 9.17) is 0 Å². The Morgan fingerprint density at radius 3 is 2.70 bits per heavy atom. The summed E-state index contributed by atoms with van der Waals surface area (Å²) in [5, 5.41) is 11.8. The summed E-state index contributed by atoms with van der Waals surface area (Å²) in [4.78, 5) is 8.90. The molecule has 0 spiro atoms. The van der Waals surface area contributed by atoms with Crippen LogP contribution < -0.4 is 5.32 Å². The van der Waals surface area contributed by atoms with Crippen molar-refractivity contribution in [3.8, 4) is 0 Å². The molecule has 138 valence electrons. The van der Waals surface area contributed by atoms with Crippen molar-refractivity contribution in [1.29, 1.82) is 0 Å². The van der Waals surface area contributed by atoms with E-state index in [0.29, 0.717) is 17.2 Å². The van der Waals surface area contributed by atoms with Crippen LogP contribution in [0.2, 0.25) is 0 Å². The fourth-order valence-electron chi connectivity index (χ4n) is 3.07. The molecule has 0 aliphatic heterocycles. The van der Waals surface area contributed by atoms with Crippen LogP contribution in [0, 0.1) is 6.92 Å². The van der Waals surface area contributed by atoms with Crippen LogP contribution in [0.1, 0.15) is 29.9 Å². The topological polar surface area (TPSA) is 66.5 Å². The first-order chi connectivity index (χ1) is 12.8. The highest BCUT2D eigenvalue weighted by atomic mass is 19.4. The third-order valence-electron chi connectivity index (χ3n) is 4.43. The molecule has 27 heavy (non-hydrogen) atoms. The average molecular weight is 371 g/mol. The molecule has 2 aromatic heterocycles. The van der Waals surface area contributed by atoms with Gasteiger partial charge in [-0.15, -0.1) is 0 Å². The highest BCUT2D eigenvalue weighted by Gasteiger charge is 2.30. The molecule has 4 rings (SSSR count). The van der Waals surface area contributed by atoms with Crippen molar-refractivity contribution >= 4 is 27.6 Å². The maximum absolute atomic E-state index is 13.0. The largest absolute Gasteiger partial charge is 0.416 e. The number of aryl methyl sites for hydroxylation is 1. The van der Waals surface area contributed by atoms with Gasteiger partial charge in [-0.3, -0.25) is 5.10 Å². The van der Waals surface area contributed by atoms with Gasteiger partial charge in [-0.1, -0.05) is 12.1 Å². The predicted octanol–water partition coefficient (Wildman–Crippen LogP) is 5.01. The third-order valence-corrected chi connectivity index (χ3v) is 4.43. The minimum Gasteiger partial charge on any atom is -0.363 e. The maximum atomic E-state index is 13.0. The molecule has 0 aliphatic rings. The van der Waals surface area contributed by atoms with Gasteiger partial charge in [0.15, 0.2) is 0 Å². The zero-order chi connectivity index (χ0) is 19.2. The molecule has 0 radical (unpaired) electrons. The number of hydrogen-bond acceptors (Lipinski definition) is 4. The first kappa shape index (κ1) is 17.3. The number of halogens is 3. The fourth-order valence-corrected chi connectivity index (χ4v) is 3.07. The van der Waals surface area contributed by atoms with Crippen LogP contribution in [-0.4, -0.2) is 20.2 Å². The van der Waals surface area contributed by atoms with E-state index in [1.807, 2.05) is 12.1 Å². The van der Waals surface area contributed by atoms with Gasteiger partial charge in [0.05, 0.1) is 22.8 Å². The monoisotopic (exact) mass is 371 g/mol. The van der Waals surface area contributed by atoms with E-state index in [-0.39, 0.29) is 6.04 Å². The zero-order valence-corrected chi connectivity index (χ0v) is 14.6. The number of aromatic amines is 1. The summed E-state index contributed by atoms with van der Waals surface area (Å²) in [6.07, 6.45) is -2.66. The molecular formula is C19H16F3N5. The molecular weight excluding hydrogens is 355 g/mol. The van der Waals surface area contributed by atoms with Crippen molar-refractivity contribution in [3.05, 3.63) is 59.5 Å². The van der Waals surface area contributed by atoms with Gasteiger partial charge in [-0.05, 0) is 43.7 Å². The van der Waals surface area contributed by atoms with Crippen LogP contribution >= 0.6 is 0 Å². The van der Waals surface area contributed by atoms with E-state index in [0.717, 1.165) is 33.9 Å². The number of benzene rings is 2. The highest BCUT2D eigenvalue weighted by molar-refractivity contribution is 5.99. The lowest BCUT2D eigenvalue weighted by Gasteiger charge is -2.18. The van der Waals surface area contributed by atoms with E-state index >= 15 is 0 Å². The Morgan fingerprint density at radius 2 is 1.93 bits per heavy atom. The quantitative estimate of drug-likeness (QED) is 0.531. The van der Waals surface area contributed by atoms with Gasteiger partial charge < -0.3 is 5.32 Å². The summed E-state index contributed by atoms with van der Waals surface area (Å²) in [5.74, 6) is 1.14. The molecule has 1 unspecified atom stereocenters. The van der Waals surface area contributed by atoms with Gasteiger partial charge in [-0.25, -0.2) is 9.97 Å². The van der Waals surface area contributed by atoms with Gasteiger partial charge in [0, 0.05) is 16.8 Å². The summed E-state index contributed by atoms with van der Waals surface area (Å²) < 4.78 is 39.0. The maximum Gasteiger partial charge on any atom is 0.416 e. The van der Waals surface area contributed by atoms with Gasteiger partial charge >= 0.3 is 6.18 Å². The summed E-state index contributed by atoms with van der Waals surface area (Å²) in [6, 6.07) is 8.71.